The lowest BCUT2D eigenvalue weighted by molar-refractivity contribution is 0.108. The summed E-state index contributed by atoms with van der Waals surface area (Å²) in [4.78, 5) is 4.86. The molecule has 0 spiro atoms. The van der Waals surface area contributed by atoms with Crippen LogP contribution in [0.5, 0.6) is 0 Å². The zero-order valence-electron chi connectivity index (χ0n) is 18.6. The maximum Gasteiger partial charge on any atom is 0.0717 e. The average molecular weight is 410 g/mol. The molecule has 0 saturated carbocycles. The van der Waals surface area contributed by atoms with Gasteiger partial charge in [-0.25, -0.2) is 0 Å². The molecule has 5 heteroatoms. The third kappa shape index (κ3) is 4.40. The summed E-state index contributed by atoms with van der Waals surface area (Å²) in [5.74, 6) is 0. The van der Waals surface area contributed by atoms with Crippen molar-refractivity contribution in [1.29, 1.82) is 0 Å². The van der Waals surface area contributed by atoms with Gasteiger partial charge in [-0.05, 0) is 41.3 Å². The highest BCUT2D eigenvalue weighted by Crippen LogP contribution is 2.45. The summed E-state index contributed by atoms with van der Waals surface area (Å²) in [6.07, 6.45) is 0. The first kappa shape index (κ1) is 21.3. The lowest BCUT2D eigenvalue weighted by atomic mass is 9.73. The van der Waals surface area contributed by atoms with E-state index in [1.165, 1.54) is 33.6 Å². The van der Waals surface area contributed by atoms with Gasteiger partial charge in [0.25, 0.3) is 0 Å². The summed E-state index contributed by atoms with van der Waals surface area (Å²) in [6.45, 7) is 14.3. The van der Waals surface area contributed by atoms with Crippen molar-refractivity contribution in [3.8, 4) is 0 Å². The molecule has 2 aromatic carbocycles. The lowest BCUT2D eigenvalue weighted by Gasteiger charge is -2.37. The molecule has 0 amide bonds. The second kappa shape index (κ2) is 9.06. The van der Waals surface area contributed by atoms with E-state index in [1.807, 2.05) is 6.92 Å². The minimum Gasteiger partial charge on any atom is -0.395 e. The van der Waals surface area contributed by atoms with E-state index in [9.17, 15) is 0 Å². The first-order valence-electron chi connectivity index (χ1n) is 11.2. The van der Waals surface area contributed by atoms with Gasteiger partial charge >= 0.3 is 0 Å². The number of hydrogen-bond acceptors (Lipinski definition) is 5. The number of piperazine rings is 1. The van der Waals surface area contributed by atoms with Crippen molar-refractivity contribution in [1.82, 2.24) is 9.80 Å². The monoisotopic (exact) mass is 409 g/mol. The Morgan fingerprint density at radius 2 is 1.67 bits per heavy atom. The zero-order valence-corrected chi connectivity index (χ0v) is 18.6. The Balaban J connectivity index is 1.50. The number of benzene rings is 2. The molecular weight excluding hydrogens is 374 g/mol. The molecule has 1 saturated heterocycles. The molecule has 0 aliphatic carbocycles. The molecule has 0 radical (unpaired) electrons. The third-order valence-electron chi connectivity index (χ3n) is 6.54. The van der Waals surface area contributed by atoms with Gasteiger partial charge in [0, 0.05) is 62.7 Å². The summed E-state index contributed by atoms with van der Waals surface area (Å²) in [5, 5.41) is 12.8. The van der Waals surface area contributed by atoms with Crippen LogP contribution in [0.1, 0.15) is 43.0 Å². The molecule has 2 aliphatic rings. The van der Waals surface area contributed by atoms with Crippen molar-refractivity contribution in [2.45, 2.75) is 39.3 Å². The Morgan fingerprint density at radius 3 is 2.40 bits per heavy atom. The Hall–Kier alpha value is -1.92. The number of aliphatic hydroxyl groups is 1. The largest absolute Gasteiger partial charge is 0.395 e. The van der Waals surface area contributed by atoms with Crippen LogP contribution in [0, 0.1) is 0 Å². The number of ether oxygens (including phenoxy) is 1. The second-order valence-electron chi connectivity index (χ2n) is 8.99. The topological polar surface area (TPSA) is 48.0 Å². The molecule has 162 valence electrons. The molecule has 5 nitrogen and oxygen atoms in total. The normalized spacial score (nSPS) is 18.5. The summed E-state index contributed by atoms with van der Waals surface area (Å²) >= 11 is 0. The van der Waals surface area contributed by atoms with Gasteiger partial charge in [-0.2, -0.15) is 0 Å². The first-order chi connectivity index (χ1) is 14.5. The van der Waals surface area contributed by atoms with Gasteiger partial charge in [-0.15, -0.1) is 0 Å². The van der Waals surface area contributed by atoms with E-state index in [-0.39, 0.29) is 12.0 Å². The molecule has 2 heterocycles. The van der Waals surface area contributed by atoms with Gasteiger partial charge < -0.3 is 15.2 Å². The fourth-order valence-corrected chi connectivity index (χ4v) is 4.73. The quantitative estimate of drug-likeness (QED) is 0.730. The molecule has 0 aromatic heterocycles. The summed E-state index contributed by atoms with van der Waals surface area (Å²) < 4.78 is 5.59. The van der Waals surface area contributed by atoms with Crippen molar-refractivity contribution in [3.63, 3.8) is 0 Å². The Bertz CT molecular complexity index is 873. The summed E-state index contributed by atoms with van der Waals surface area (Å²) in [7, 11) is 0. The number of fused-ring (bicyclic) bond motifs is 2. The van der Waals surface area contributed by atoms with E-state index < -0.39 is 0 Å². The van der Waals surface area contributed by atoms with Gasteiger partial charge in [0.2, 0.25) is 0 Å². The Kier molecular flexibility index (Phi) is 6.44. The number of rotatable bonds is 7. The van der Waals surface area contributed by atoms with Gasteiger partial charge in [-0.1, -0.05) is 38.1 Å². The van der Waals surface area contributed by atoms with Gasteiger partial charge in [0.1, 0.15) is 0 Å². The molecule has 2 N–H and O–H groups in total. The van der Waals surface area contributed by atoms with Crippen LogP contribution in [-0.2, 0) is 23.3 Å². The van der Waals surface area contributed by atoms with Crippen molar-refractivity contribution in [3.05, 3.63) is 58.7 Å². The van der Waals surface area contributed by atoms with E-state index >= 15 is 0 Å². The van der Waals surface area contributed by atoms with E-state index in [0.717, 1.165) is 45.9 Å². The van der Waals surface area contributed by atoms with Crippen LogP contribution in [0.25, 0.3) is 0 Å². The van der Waals surface area contributed by atoms with Crippen LogP contribution < -0.4 is 5.32 Å². The molecule has 30 heavy (non-hydrogen) atoms. The highest BCUT2D eigenvalue weighted by molar-refractivity contribution is 5.76. The van der Waals surface area contributed by atoms with Crippen molar-refractivity contribution in [2.75, 3.05) is 51.3 Å². The van der Waals surface area contributed by atoms with Crippen molar-refractivity contribution in [2.24, 2.45) is 0 Å². The number of β-amino-alcohol motifs (C(OH)–C–C–N with tert-alkyl or cyclic N) is 1. The minimum absolute atomic E-state index is 0.0457. The van der Waals surface area contributed by atoms with Crippen molar-refractivity contribution >= 4 is 11.4 Å². The van der Waals surface area contributed by atoms with E-state index in [2.05, 4.69) is 65.4 Å². The van der Waals surface area contributed by atoms with E-state index in [1.54, 1.807) is 0 Å². The maximum atomic E-state index is 9.14. The van der Waals surface area contributed by atoms with Crippen LogP contribution in [0.3, 0.4) is 0 Å². The number of anilines is 2. The smallest absolute Gasteiger partial charge is 0.0717 e. The van der Waals surface area contributed by atoms with Crippen LogP contribution >= 0.6 is 0 Å². The first-order valence-corrected chi connectivity index (χ1v) is 11.2. The van der Waals surface area contributed by atoms with E-state index in [4.69, 9.17) is 9.84 Å². The molecule has 2 aliphatic heterocycles. The Labute approximate surface area is 180 Å². The number of nitrogens with zero attached hydrogens (tertiary/aromatic N) is 2. The Morgan fingerprint density at radius 1 is 0.933 bits per heavy atom. The van der Waals surface area contributed by atoms with E-state index in [0.29, 0.717) is 6.61 Å². The second-order valence-corrected chi connectivity index (χ2v) is 8.99. The number of nitrogens with one attached hydrogen (secondary N) is 1. The van der Waals surface area contributed by atoms with Crippen LogP contribution in [0.2, 0.25) is 0 Å². The predicted octanol–water partition coefficient (Wildman–Crippen LogP) is 3.72. The SMILES string of the molecule is CCOCc1ccc2c(c1)Nc1ccc(CN3CCN(CCO)CC3)cc1C2(C)C. The van der Waals surface area contributed by atoms with Crippen LogP contribution in [-0.4, -0.2) is 60.8 Å². The molecular formula is C25H35N3O2. The van der Waals surface area contributed by atoms with Crippen molar-refractivity contribution < 1.29 is 9.84 Å². The fraction of sp³-hybridized carbons (Fsp3) is 0.520. The van der Waals surface area contributed by atoms with Crippen LogP contribution in [0.4, 0.5) is 11.4 Å². The summed E-state index contributed by atoms with van der Waals surface area (Å²) in [5.41, 5.74) is 7.63. The molecule has 0 unspecified atom stereocenters. The molecule has 2 aromatic rings. The molecule has 0 bridgehead atoms. The highest BCUT2D eigenvalue weighted by Gasteiger charge is 2.33. The van der Waals surface area contributed by atoms with Gasteiger partial charge in [-0.3, -0.25) is 9.80 Å². The minimum atomic E-state index is -0.0457. The predicted molar refractivity (Wildman–Crippen MR) is 122 cm³/mol. The number of hydrogen-bond donors (Lipinski definition) is 2. The summed E-state index contributed by atoms with van der Waals surface area (Å²) in [6, 6.07) is 13.6. The highest BCUT2D eigenvalue weighted by atomic mass is 16.5. The molecule has 4 rings (SSSR count). The molecule has 1 fully saturated rings. The third-order valence-corrected chi connectivity index (χ3v) is 6.54. The maximum absolute atomic E-state index is 9.14. The average Bonchev–Trinajstić information content (AvgIpc) is 2.74. The number of aliphatic hydroxyl groups excluding tert-OH is 1. The standard InChI is InChI=1S/C25H35N3O2/c1-4-30-18-20-5-7-21-24(16-20)26-23-8-6-19(15-22(23)25(21,2)3)17-28-11-9-27(10-12-28)13-14-29/h5-8,15-16,26,29H,4,9-14,17-18H2,1-3H3. The zero-order chi connectivity index (χ0) is 21.1. The lowest BCUT2D eigenvalue weighted by Crippen LogP contribution is -2.46. The van der Waals surface area contributed by atoms with Gasteiger partial charge in [0.15, 0.2) is 0 Å². The van der Waals surface area contributed by atoms with Crippen LogP contribution in [0.15, 0.2) is 36.4 Å². The van der Waals surface area contributed by atoms with Gasteiger partial charge in [0.05, 0.1) is 13.2 Å². The molecule has 0 atom stereocenters. The fourth-order valence-electron chi connectivity index (χ4n) is 4.73.